The molecule has 2 aromatic carbocycles. The molecule has 3 heteroatoms. The number of oxime groups is 1. The maximum atomic E-state index is 8.87. The Bertz CT molecular complexity index is 739. The Morgan fingerprint density at radius 1 is 1.05 bits per heavy atom. The number of benzene rings is 2. The predicted molar refractivity (Wildman–Crippen MR) is 77.9 cm³/mol. The first-order valence-corrected chi connectivity index (χ1v) is 6.15. The summed E-state index contributed by atoms with van der Waals surface area (Å²) < 4.78 is 0. The lowest BCUT2D eigenvalue weighted by atomic mass is 10.0. The maximum Gasteiger partial charge on any atom is 0.0761 e. The number of nitrogens with one attached hydrogen (secondary N) is 1. The van der Waals surface area contributed by atoms with Crippen LogP contribution >= 0.6 is 0 Å². The van der Waals surface area contributed by atoms with Gasteiger partial charge in [0.2, 0.25) is 0 Å². The van der Waals surface area contributed by atoms with Gasteiger partial charge in [0.25, 0.3) is 0 Å². The van der Waals surface area contributed by atoms with E-state index in [1.165, 1.54) is 11.8 Å². The monoisotopic (exact) mass is 250 g/mol. The average molecular weight is 250 g/mol. The van der Waals surface area contributed by atoms with Crippen molar-refractivity contribution in [1.82, 2.24) is 4.98 Å². The first-order valence-electron chi connectivity index (χ1n) is 6.15. The number of para-hydroxylation sites is 1. The van der Waals surface area contributed by atoms with E-state index in [1.807, 2.05) is 24.3 Å². The predicted octanol–water partition coefficient (Wildman–Crippen LogP) is 3.95. The molecule has 3 aromatic rings. The Balaban J connectivity index is 2.27. The van der Waals surface area contributed by atoms with Crippen molar-refractivity contribution in [1.29, 1.82) is 0 Å². The van der Waals surface area contributed by atoms with Crippen molar-refractivity contribution in [3.8, 4) is 11.3 Å². The SMILES string of the molecule is Cc1ccc(-c2[nH]c3ccccc3c2/C=N\O)cc1. The Kier molecular flexibility index (Phi) is 2.80. The summed E-state index contributed by atoms with van der Waals surface area (Å²) in [5, 5.41) is 13.1. The topological polar surface area (TPSA) is 48.4 Å². The van der Waals surface area contributed by atoms with Gasteiger partial charge in [0.1, 0.15) is 0 Å². The van der Waals surface area contributed by atoms with Crippen molar-refractivity contribution in [3.63, 3.8) is 0 Å². The molecular formula is C16H14N2O. The van der Waals surface area contributed by atoms with Crippen molar-refractivity contribution >= 4 is 17.1 Å². The van der Waals surface area contributed by atoms with Gasteiger partial charge in [-0.2, -0.15) is 0 Å². The van der Waals surface area contributed by atoms with Crippen molar-refractivity contribution in [3.05, 3.63) is 59.7 Å². The Morgan fingerprint density at radius 3 is 2.53 bits per heavy atom. The summed E-state index contributed by atoms with van der Waals surface area (Å²) in [6, 6.07) is 16.3. The summed E-state index contributed by atoms with van der Waals surface area (Å²) in [7, 11) is 0. The highest BCUT2D eigenvalue weighted by molar-refractivity contribution is 6.05. The lowest BCUT2D eigenvalue weighted by Crippen LogP contribution is -1.85. The van der Waals surface area contributed by atoms with Gasteiger partial charge in [-0.25, -0.2) is 0 Å². The molecule has 1 heterocycles. The Labute approximate surface area is 111 Å². The van der Waals surface area contributed by atoms with E-state index in [0.29, 0.717) is 0 Å². The van der Waals surface area contributed by atoms with E-state index in [4.69, 9.17) is 5.21 Å². The molecule has 0 atom stereocenters. The normalized spacial score (nSPS) is 11.4. The van der Waals surface area contributed by atoms with Gasteiger partial charge in [-0.3, -0.25) is 0 Å². The first kappa shape index (κ1) is 11.5. The highest BCUT2D eigenvalue weighted by Crippen LogP contribution is 2.29. The molecule has 0 aliphatic rings. The Hall–Kier alpha value is -2.55. The average Bonchev–Trinajstić information content (AvgIpc) is 2.79. The van der Waals surface area contributed by atoms with Gasteiger partial charge < -0.3 is 10.2 Å². The zero-order valence-electron chi connectivity index (χ0n) is 10.6. The Morgan fingerprint density at radius 2 is 1.79 bits per heavy atom. The van der Waals surface area contributed by atoms with Crippen molar-refractivity contribution in [2.75, 3.05) is 0 Å². The fraction of sp³-hybridized carbons (Fsp3) is 0.0625. The molecule has 0 aliphatic heterocycles. The van der Waals surface area contributed by atoms with Crippen LogP contribution in [0.5, 0.6) is 0 Å². The number of rotatable bonds is 2. The molecule has 0 aliphatic carbocycles. The molecule has 3 rings (SSSR count). The third-order valence-corrected chi connectivity index (χ3v) is 3.27. The van der Waals surface area contributed by atoms with Crippen LogP contribution in [0.2, 0.25) is 0 Å². The minimum atomic E-state index is 0.905. The zero-order chi connectivity index (χ0) is 13.2. The molecule has 0 amide bonds. The lowest BCUT2D eigenvalue weighted by molar-refractivity contribution is 0.322. The lowest BCUT2D eigenvalue weighted by Gasteiger charge is -2.01. The second kappa shape index (κ2) is 4.61. The van der Waals surface area contributed by atoms with Crippen LogP contribution in [0.3, 0.4) is 0 Å². The standard InChI is InChI=1S/C16H14N2O/c1-11-6-8-12(9-7-11)16-14(10-17-19)13-4-2-3-5-15(13)18-16/h2-10,18-19H,1H3/b17-10-. The number of fused-ring (bicyclic) bond motifs is 1. The van der Waals surface area contributed by atoms with Crippen molar-refractivity contribution in [2.45, 2.75) is 6.92 Å². The summed E-state index contributed by atoms with van der Waals surface area (Å²) >= 11 is 0. The number of hydrogen-bond donors (Lipinski definition) is 2. The van der Waals surface area contributed by atoms with Crippen LogP contribution in [-0.4, -0.2) is 16.4 Å². The van der Waals surface area contributed by atoms with Crippen LogP contribution in [0.1, 0.15) is 11.1 Å². The molecular weight excluding hydrogens is 236 g/mol. The molecule has 0 bridgehead atoms. The van der Waals surface area contributed by atoms with E-state index in [1.54, 1.807) is 0 Å². The summed E-state index contributed by atoms with van der Waals surface area (Å²) in [6.07, 6.45) is 1.48. The van der Waals surface area contributed by atoms with E-state index in [0.717, 1.165) is 27.7 Å². The van der Waals surface area contributed by atoms with Gasteiger partial charge in [0.15, 0.2) is 0 Å². The molecule has 0 radical (unpaired) electrons. The van der Waals surface area contributed by atoms with Gasteiger partial charge in [-0.15, -0.1) is 0 Å². The molecule has 0 saturated heterocycles. The van der Waals surface area contributed by atoms with Gasteiger partial charge in [-0.1, -0.05) is 53.2 Å². The molecule has 0 unspecified atom stereocenters. The van der Waals surface area contributed by atoms with Crippen molar-refractivity contribution < 1.29 is 5.21 Å². The fourth-order valence-electron chi connectivity index (χ4n) is 2.30. The summed E-state index contributed by atoms with van der Waals surface area (Å²) in [4.78, 5) is 3.38. The minimum Gasteiger partial charge on any atom is -0.411 e. The van der Waals surface area contributed by atoms with Crippen LogP contribution < -0.4 is 0 Å². The zero-order valence-corrected chi connectivity index (χ0v) is 10.6. The minimum absolute atomic E-state index is 0.905. The summed E-state index contributed by atoms with van der Waals surface area (Å²) in [5.74, 6) is 0. The van der Waals surface area contributed by atoms with Gasteiger partial charge in [0, 0.05) is 16.5 Å². The van der Waals surface area contributed by atoms with Crippen molar-refractivity contribution in [2.24, 2.45) is 5.16 Å². The quantitative estimate of drug-likeness (QED) is 0.404. The van der Waals surface area contributed by atoms with Crippen LogP contribution in [-0.2, 0) is 0 Å². The molecule has 2 N–H and O–H groups in total. The van der Waals surface area contributed by atoms with E-state index in [2.05, 4.69) is 41.3 Å². The number of aryl methyl sites for hydroxylation is 1. The number of aromatic amines is 1. The highest BCUT2D eigenvalue weighted by atomic mass is 16.4. The van der Waals surface area contributed by atoms with Crippen LogP contribution in [0, 0.1) is 6.92 Å². The van der Waals surface area contributed by atoms with Crippen LogP contribution in [0.4, 0.5) is 0 Å². The van der Waals surface area contributed by atoms with E-state index >= 15 is 0 Å². The molecule has 0 fully saturated rings. The third-order valence-electron chi connectivity index (χ3n) is 3.27. The molecule has 3 nitrogen and oxygen atoms in total. The number of H-pyrrole nitrogens is 1. The smallest absolute Gasteiger partial charge is 0.0761 e. The maximum absolute atomic E-state index is 8.87. The summed E-state index contributed by atoms with van der Waals surface area (Å²) in [6.45, 7) is 2.06. The second-order valence-electron chi connectivity index (χ2n) is 4.57. The van der Waals surface area contributed by atoms with Gasteiger partial charge in [0.05, 0.1) is 11.9 Å². The summed E-state index contributed by atoms with van der Waals surface area (Å²) in [5.41, 5.74) is 5.21. The fourth-order valence-corrected chi connectivity index (χ4v) is 2.30. The molecule has 1 aromatic heterocycles. The van der Waals surface area contributed by atoms with Crippen LogP contribution in [0.25, 0.3) is 22.2 Å². The van der Waals surface area contributed by atoms with E-state index in [9.17, 15) is 0 Å². The number of aromatic nitrogens is 1. The van der Waals surface area contributed by atoms with Gasteiger partial charge >= 0.3 is 0 Å². The number of hydrogen-bond acceptors (Lipinski definition) is 2. The third kappa shape index (κ3) is 1.99. The second-order valence-corrected chi connectivity index (χ2v) is 4.57. The van der Waals surface area contributed by atoms with Crippen LogP contribution in [0.15, 0.2) is 53.7 Å². The first-order chi connectivity index (χ1) is 9.29. The van der Waals surface area contributed by atoms with E-state index in [-0.39, 0.29) is 0 Å². The molecule has 0 saturated carbocycles. The van der Waals surface area contributed by atoms with Gasteiger partial charge in [-0.05, 0) is 18.6 Å². The number of nitrogens with zero attached hydrogens (tertiary/aromatic N) is 1. The molecule has 0 spiro atoms. The largest absolute Gasteiger partial charge is 0.411 e. The van der Waals surface area contributed by atoms with E-state index < -0.39 is 0 Å². The highest BCUT2D eigenvalue weighted by Gasteiger charge is 2.11. The molecule has 19 heavy (non-hydrogen) atoms. The molecule has 94 valence electrons.